The zero-order valence-electron chi connectivity index (χ0n) is 43.5. The summed E-state index contributed by atoms with van der Waals surface area (Å²) in [4.78, 5) is 77.1. The van der Waals surface area contributed by atoms with Gasteiger partial charge in [0, 0.05) is 53.1 Å². The summed E-state index contributed by atoms with van der Waals surface area (Å²) in [7, 11) is 0. The van der Waals surface area contributed by atoms with E-state index in [1.165, 1.54) is 46.2 Å². The molecule has 1 saturated carbocycles. The number of nitrogens with zero attached hydrogens (tertiary/aromatic N) is 9. The Labute approximate surface area is 442 Å². The van der Waals surface area contributed by atoms with E-state index in [0.29, 0.717) is 41.1 Å². The zero-order valence-corrected chi connectivity index (χ0v) is 43.5. The SMILES string of the molecule is CC(=O)OC[C@H]1O[C@H](OC[C@@H](Cn2cc(COc3ccc(-c4noc(N(Cc5cn(C[C@H](CO[C@@H]6C=C[C@H](OC(C)=O)[C@@H](COC(C)=O)O6)OC(C)=O)nn5)C5CCCCC5)n4)cc3)nn2)OC(C)=O)C=C[C@@H]1OC(C)=O. The van der Waals surface area contributed by atoms with Crippen molar-refractivity contribution in [2.24, 2.45) is 0 Å². The fraction of sp³-hybridized carbons (Fsp3) is 0.560. The summed E-state index contributed by atoms with van der Waals surface area (Å²) in [6.45, 7) is 7.60. The van der Waals surface area contributed by atoms with Crippen LogP contribution >= 0.6 is 0 Å². The number of hydrogen-bond acceptors (Lipinski definition) is 25. The van der Waals surface area contributed by atoms with Gasteiger partial charge in [-0.3, -0.25) is 28.8 Å². The van der Waals surface area contributed by atoms with Gasteiger partial charge in [-0.05, 0) is 61.4 Å². The number of ether oxygens (including phenoxy) is 11. The van der Waals surface area contributed by atoms with Gasteiger partial charge >= 0.3 is 41.8 Å². The molecule has 1 aliphatic carbocycles. The van der Waals surface area contributed by atoms with Crippen LogP contribution in [0.3, 0.4) is 0 Å². The van der Waals surface area contributed by atoms with Gasteiger partial charge in [-0.1, -0.05) is 34.8 Å². The Balaban J connectivity index is 0.921. The molecule has 27 heteroatoms. The highest BCUT2D eigenvalue weighted by Gasteiger charge is 2.34. The molecule has 0 saturated heterocycles. The molecule has 27 nitrogen and oxygen atoms in total. The highest BCUT2D eigenvalue weighted by Crippen LogP contribution is 2.30. The Bertz CT molecular complexity index is 2660. The van der Waals surface area contributed by atoms with Crippen molar-refractivity contribution in [2.75, 3.05) is 31.3 Å². The lowest BCUT2D eigenvalue weighted by atomic mass is 9.94. The molecule has 3 aliphatic rings. The quantitative estimate of drug-likeness (QED) is 0.0495. The molecule has 0 radical (unpaired) electrons. The maximum absolute atomic E-state index is 12.1. The van der Waals surface area contributed by atoms with E-state index in [1.54, 1.807) is 53.5 Å². The fourth-order valence-electron chi connectivity index (χ4n) is 8.47. The number of hydrogen-bond donors (Lipinski definition) is 0. The lowest BCUT2D eigenvalue weighted by Crippen LogP contribution is -2.43. The molecule has 8 atom stereocenters. The summed E-state index contributed by atoms with van der Waals surface area (Å²) in [5, 5.41) is 21.4. The number of benzene rings is 1. The maximum atomic E-state index is 12.1. The second-order valence-electron chi connectivity index (χ2n) is 18.2. The van der Waals surface area contributed by atoms with Crippen LogP contribution in [0.2, 0.25) is 0 Å². The summed E-state index contributed by atoms with van der Waals surface area (Å²) >= 11 is 0. The van der Waals surface area contributed by atoms with Crippen molar-refractivity contribution in [1.29, 1.82) is 0 Å². The molecule has 0 amide bonds. The number of carbonyl (C=O) groups is 6. The van der Waals surface area contributed by atoms with Crippen molar-refractivity contribution in [1.82, 2.24) is 40.1 Å². The average molecular weight is 1080 g/mol. The summed E-state index contributed by atoms with van der Waals surface area (Å²) in [5.74, 6) is -2.30. The summed E-state index contributed by atoms with van der Waals surface area (Å²) < 4.78 is 70.3. The lowest BCUT2D eigenvalue weighted by Gasteiger charge is -2.32. The molecule has 1 aromatic carbocycles. The number of carbonyl (C=O) groups excluding carboxylic acids is 6. The van der Waals surface area contributed by atoms with Gasteiger partial charge in [-0.25, -0.2) is 9.36 Å². The molecule has 1 fully saturated rings. The van der Waals surface area contributed by atoms with Gasteiger partial charge in [0.05, 0.1) is 45.2 Å². The average Bonchev–Trinajstić information content (AvgIpc) is 4.18. The highest BCUT2D eigenvalue weighted by molar-refractivity contribution is 5.68. The van der Waals surface area contributed by atoms with Gasteiger partial charge in [-0.15, -0.1) is 10.2 Å². The molecule has 0 bridgehead atoms. The molecule has 3 aromatic heterocycles. The minimum absolute atomic E-state index is 0.0711. The minimum atomic E-state index is -0.924. The predicted octanol–water partition coefficient (Wildman–Crippen LogP) is 3.29. The van der Waals surface area contributed by atoms with Crippen LogP contribution in [0, 0.1) is 0 Å². The Morgan fingerprint density at radius 2 is 1.17 bits per heavy atom. The minimum Gasteiger partial charge on any atom is -0.487 e. The standard InChI is InChI=1S/C50H63N9O18/c1-30(60)66-28-45-43(73-34(5)64)16-18-47(75-45)69-26-41(71-32(3)62)23-57-20-37(52-55-57)22-59(39-10-8-7-9-11-39)50-51-49(54-77-50)36-12-14-40(15-13-36)68-25-38-21-58(56-53-38)24-42(72-33(4)63)27-70-48-19-17-44(74-35(6)65)46(76-48)29-67-31(2)61/h12-21,39,41-48H,7-11,22-29H2,1-6H3/t41-,42-,43+,44+,45-,46-,47+,48+/m1/s1. The van der Waals surface area contributed by atoms with Crippen LogP contribution < -0.4 is 9.64 Å². The van der Waals surface area contributed by atoms with Crippen LogP contribution in [0.25, 0.3) is 11.4 Å². The van der Waals surface area contributed by atoms with Gasteiger partial charge in [0.1, 0.15) is 73.6 Å². The molecule has 0 unspecified atom stereocenters. The van der Waals surface area contributed by atoms with Gasteiger partial charge in [0.15, 0.2) is 12.6 Å². The maximum Gasteiger partial charge on any atom is 0.325 e. The third-order valence-corrected chi connectivity index (χ3v) is 11.8. The van der Waals surface area contributed by atoms with E-state index in [0.717, 1.165) is 32.1 Å². The van der Waals surface area contributed by atoms with E-state index in [1.807, 2.05) is 17.0 Å². The van der Waals surface area contributed by atoms with E-state index in [-0.39, 0.29) is 52.2 Å². The van der Waals surface area contributed by atoms with Crippen LogP contribution in [0.1, 0.15) is 85.0 Å². The normalized spacial score (nSPS) is 21.1. The Kier molecular flexibility index (Phi) is 20.7. The highest BCUT2D eigenvalue weighted by atomic mass is 16.7. The number of aromatic nitrogens is 8. The molecule has 77 heavy (non-hydrogen) atoms. The first-order chi connectivity index (χ1) is 37.0. The summed E-state index contributed by atoms with van der Waals surface area (Å²) in [6.07, 6.45) is 8.01. The molecular formula is C50H63N9O18. The molecule has 416 valence electrons. The van der Waals surface area contributed by atoms with Crippen molar-refractivity contribution >= 4 is 41.8 Å². The summed E-state index contributed by atoms with van der Waals surface area (Å²) in [6, 6.07) is 7.57. The van der Waals surface area contributed by atoms with Gasteiger partial charge < -0.3 is 61.5 Å². The van der Waals surface area contributed by atoms with Crippen molar-refractivity contribution in [3.63, 3.8) is 0 Å². The zero-order chi connectivity index (χ0) is 54.8. The first-order valence-electron chi connectivity index (χ1n) is 25.0. The lowest BCUT2D eigenvalue weighted by molar-refractivity contribution is -0.205. The van der Waals surface area contributed by atoms with Crippen molar-refractivity contribution in [2.45, 2.75) is 155 Å². The number of esters is 6. The van der Waals surface area contributed by atoms with Gasteiger partial charge in [0.25, 0.3) is 0 Å². The van der Waals surface area contributed by atoms with Crippen LogP contribution in [0.4, 0.5) is 6.01 Å². The number of rotatable bonds is 26. The third-order valence-electron chi connectivity index (χ3n) is 11.8. The summed E-state index contributed by atoms with van der Waals surface area (Å²) in [5.41, 5.74) is 1.79. The second-order valence-corrected chi connectivity index (χ2v) is 18.2. The van der Waals surface area contributed by atoms with Crippen LogP contribution in [0.15, 0.2) is 65.5 Å². The topological polar surface area (TPSA) is 308 Å². The number of anilines is 1. The first-order valence-corrected chi connectivity index (χ1v) is 25.0. The predicted molar refractivity (Wildman–Crippen MR) is 260 cm³/mol. The van der Waals surface area contributed by atoms with Crippen molar-refractivity contribution in [3.8, 4) is 17.1 Å². The molecular weight excluding hydrogens is 1010 g/mol. The van der Waals surface area contributed by atoms with Crippen molar-refractivity contribution < 1.29 is 85.4 Å². The van der Waals surface area contributed by atoms with Gasteiger partial charge in [-0.2, -0.15) is 4.98 Å². The fourth-order valence-corrected chi connectivity index (χ4v) is 8.47. The third kappa shape index (κ3) is 18.3. The molecule has 2 aliphatic heterocycles. The smallest absolute Gasteiger partial charge is 0.325 e. The second kappa shape index (κ2) is 28.0. The van der Waals surface area contributed by atoms with Gasteiger partial charge in [0.2, 0.25) is 5.82 Å². The van der Waals surface area contributed by atoms with Crippen LogP contribution in [-0.2, 0) is 102 Å². The van der Waals surface area contributed by atoms with E-state index in [9.17, 15) is 28.8 Å². The Morgan fingerprint density at radius 3 is 1.68 bits per heavy atom. The molecule has 0 N–H and O–H groups in total. The van der Waals surface area contributed by atoms with E-state index in [4.69, 9.17) is 61.6 Å². The Hall–Kier alpha value is -7.62. The van der Waals surface area contributed by atoms with E-state index in [2.05, 4.69) is 25.8 Å². The van der Waals surface area contributed by atoms with E-state index < -0.39 is 85.0 Å². The Morgan fingerprint density at radius 1 is 0.649 bits per heavy atom. The molecule has 4 aromatic rings. The monoisotopic (exact) mass is 1080 g/mol. The van der Waals surface area contributed by atoms with Crippen LogP contribution in [0.5, 0.6) is 5.75 Å². The van der Waals surface area contributed by atoms with E-state index >= 15 is 0 Å². The van der Waals surface area contributed by atoms with Crippen molar-refractivity contribution in [3.05, 3.63) is 72.4 Å². The molecule has 0 spiro atoms. The first kappa shape index (κ1) is 57.1. The molecule has 5 heterocycles. The largest absolute Gasteiger partial charge is 0.487 e. The molecule has 7 rings (SSSR count). The van der Waals surface area contributed by atoms with Crippen LogP contribution in [-0.4, -0.2) is 158 Å².